The van der Waals surface area contributed by atoms with Crippen LogP contribution in [-0.2, 0) is 6.54 Å². The molecule has 25 heavy (non-hydrogen) atoms. The van der Waals surface area contributed by atoms with Gasteiger partial charge in [-0.1, -0.05) is 17.7 Å². The Kier molecular flexibility index (Phi) is 4.97. The van der Waals surface area contributed by atoms with Gasteiger partial charge in [0.1, 0.15) is 0 Å². The van der Waals surface area contributed by atoms with Gasteiger partial charge in [-0.2, -0.15) is 0 Å². The number of benzene rings is 1. The van der Waals surface area contributed by atoms with Gasteiger partial charge in [0.15, 0.2) is 0 Å². The Labute approximate surface area is 157 Å². The van der Waals surface area contributed by atoms with Crippen LogP contribution in [0, 0.1) is 0 Å². The lowest BCUT2D eigenvalue weighted by Gasteiger charge is -2.39. The largest absolute Gasteiger partial charge is 0.335 e. The number of hydrogen-bond acceptors (Lipinski definition) is 3. The summed E-state index contributed by atoms with van der Waals surface area (Å²) in [6.07, 6.45) is 4.56. The molecule has 6 heteroatoms. The Morgan fingerprint density at radius 1 is 1.16 bits per heavy atom. The van der Waals surface area contributed by atoms with E-state index in [0.29, 0.717) is 17.1 Å². The summed E-state index contributed by atoms with van der Waals surface area (Å²) < 4.78 is 0. The normalized spacial score (nSPS) is 25.7. The van der Waals surface area contributed by atoms with Crippen molar-refractivity contribution in [2.75, 3.05) is 5.32 Å². The minimum absolute atomic E-state index is 0.126. The van der Waals surface area contributed by atoms with Crippen LogP contribution in [0.15, 0.2) is 41.8 Å². The van der Waals surface area contributed by atoms with E-state index in [2.05, 4.69) is 33.0 Å². The maximum Gasteiger partial charge on any atom is 0.319 e. The third-order valence-electron chi connectivity index (χ3n) is 5.24. The second-order valence-electron chi connectivity index (χ2n) is 6.91. The van der Waals surface area contributed by atoms with Crippen LogP contribution < -0.4 is 10.6 Å². The van der Waals surface area contributed by atoms with E-state index in [0.717, 1.165) is 25.1 Å². The Balaban J connectivity index is 1.31. The van der Waals surface area contributed by atoms with Crippen molar-refractivity contribution in [1.82, 2.24) is 10.2 Å². The first-order valence-electron chi connectivity index (χ1n) is 8.78. The van der Waals surface area contributed by atoms with E-state index in [9.17, 15) is 4.79 Å². The molecule has 0 saturated carbocycles. The number of piperidine rings is 1. The first-order valence-corrected chi connectivity index (χ1v) is 10.0. The quantitative estimate of drug-likeness (QED) is 0.812. The SMILES string of the molecule is O=C(Nc1ccc(Cl)cc1)NC1CC2CCC(C1)N2Cc1cccs1. The fourth-order valence-electron chi connectivity index (χ4n) is 4.12. The lowest BCUT2D eigenvalue weighted by Crippen LogP contribution is -2.50. The van der Waals surface area contributed by atoms with E-state index in [4.69, 9.17) is 11.6 Å². The molecule has 0 spiro atoms. The molecule has 2 fully saturated rings. The summed E-state index contributed by atoms with van der Waals surface area (Å²) in [7, 11) is 0. The molecule has 2 amide bonds. The number of nitrogens with one attached hydrogen (secondary N) is 2. The van der Waals surface area contributed by atoms with Crippen molar-refractivity contribution in [3.8, 4) is 0 Å². The smallest absolute Gasteiger partial charge is 0.319 e. The van der Waals surface area contributed by atoms with Gasteiger partial charge in [0, 0.05) is 40.3 Å². The van der Waals surface area contributed by atoms with Gasteiger partial charge in [-0.05, 0) is 61.4 Å². The molecule has 2 bridgehead atoms. The number of anilines is 1. The molecule has 2 N–H and O–H groups in total. The predicted molar refractivity (Wildman–Crippen MR) is 103 cm³/mol. The van der Waals surface area contributed by atoms with Gasteiger partial charge in [0.25, 0.3) is 0 Å². The van der Waals surface area contributed by atoms with Gasteiger partial charge in [0.05, 0.1) is 0 Å². The maximum absolute atomic E-state index is 12.3. The number of carbonyl (C=O) groups is 1. The second-order valence-corrected chi connectivity index (χ2v) is 8.38. The van der Waals surface area contributed by atoms with Crippen molar-refractivity contribution in [2.24, 2.45) is 0 Å². The molecule has 0 radical (unpaired) electrons. The summed E-state index contributed by atoms with van der Waals surface area (Å²) in [5, 5.41) is 8.86. The first kappa shape index (κ1) is 16.9. The fourth-order valence-corrected chi connectivity index (χ4v) is 4.96. The molecule has 2 atom stereocenters. The topological polar surface area (TPSA) is 44.4 Å². The Morgan fingerprint density at radius 3 is 2.52 bits per heavy atom. The summed E-state index contributed by atoms with van der Waals surface area (Å²) in [5.41, 5.74) is 0.764. The molecular formula is C19H22ClN3OS. The lowest BCUT2D eigenvalue weighted by molar-refractivity contribution is 0.113. The van der Waals surface area contributed by atoms with E-state index >= 15 is 0 Å². The van der Waals surface area contributed by atoms with Gasteiger partial charge in [-0.3, -0.25) is 4.90 Å². The molecule has 2 aromatic rings. The maximum atomic E-state index is 12.3. The van der Waals surface area contributed by atoms with Crippen LogP contribution in [0.1, 0.15) is 30.6 Å². The molecule has 132 valence electrons. The third kappa shape index (κ3) is 4.00. The standard InChI is InChI=1S/C19H22ClN3OS/c20-13-3-5-14(6-4-13)21-19(24)22-15-10-16-7-8-17(11-15)23(16)12-18-2-1-9-25-18/h1-6,9,15-17H,7-8,10-12H2,(H2,21,22,24). The molecule has 2 saturated heterocycles. The molecule has 1 aromatic carbocycles. The number of nitrogens with zero attached hydrogens (tertiary/aromatic N) is 1. The highest BCUT2D eigenvalue weighted by molar-refractivity contribution is 7.09. The van der Waals surface area contributed by atoms with Crippen molar-refractivity contribution in [3.63, 3.8) is 0 Å². The van der Waals surface area contributed by atoms with E-state index in [-0.39, 0.29) is 12.1 Å². The summed E-state index contributed by atoms with van der Waals surface area (Å²) in [6.45, 7) is 1.05. The molecular weight excluding hydrogens is 354 g/mol. The van der Waals surface area contributed by atoms with E-state index in [1.165, 1.54) is 17.7 Å². The van der Waals surface area contributed by atoms with Gasteiger partial charge in [0.2, 0.25) is 0 Å². The van der Waals surface area contributed by atoms with Crippen LogP contribution in [0.2, 0.25) is 5.02 Å². The number of thiophene rings is 1. The molecule has 4 rings (SSSR count). The number of fused-ring (bicyclic) bond motifs is 2. The predicted octanol–water partition coefficient (Wildman–Crippen LogP) is 4.72. The third-order valence-corrected chi connectivity index (χ3v) is 6.35. The van der Waals surface area contributed by atoms with E-state index < -0.39 is 0 Å². The van der Waals surface area contributed by atoms with Crippen LogP contribution in [0.3, 0.4) is 0 Å². The van der Waals surface area contributed by atoms with Crippen molar-refractivity contribution >= 4 is 34.7 Å². The Hall–Kier alpha value is -1.56. The average Bonchev–Trinajstić information content (AvgIpc) is 3.17. The molecule has 4 nitrogen and oxygen atoms in total. The summed E-state index contributed by atoms with van der Waals surface area (Å²) >= 11 is 7.71. The highest BCUT2D eigenvalue weighted by Crippen LogP contribution is 2.37. The van der Waals surface area contributed by atoms with Crippen LogP contribution in [-0.4, -0.2) is 29.1 Å². The molecule has 1 aromatic heterocycles. The van der Waals surface area contributed by atoms with Crippen molar-refractivity contribution in [2.45, 2.75) is 50.4 Å². The Bertz CT molecular complexity index is 705. The second kappa shape index (κ2) is 7.36. The number of halogens is 1. The zero-order chi connectivity index (χ0) is 17.2. The summed E-state index contributed by atoms with van der Waals surface area (Å²) in [5.74, 6) is 0. The Morgan fingerprint density at radius 2 is 1.88 bits per heavy atom. The zero-order valence-corrected chi connectivity index (χ0v) is 15.5. The fraction of sp³-hybridized carbons (Fsp3) is 0.421. The van der Waals surface area contributed by atoms with Crippen LogP contribution in [0.5, 0.6) is 0 Å². The first-order chi connectivity index (χ1) is 12.2. The van der Waals surface area contributed by atoms with Gasteiger partial charge >= 0.3 is 6.03 Å². The van der Waals surface area contributed by atoms with Crippen molar-refractivity contribution < 1.29 is 4.79 Å². The number of urea groups is 1. The van der Waals surface area contributed by atoms with Gasteiger partial charge in [-0.25, -0.2) is 4.79 Å². The molecule has 0 aliphatic carbocycles. The van der Waals surface area contributed by atoms with Crippen LogP contribution >= 0.6 is 22.9 Å². The van der Waals surface area contributed by atoms with Gasteiger partial charge < -0.3 is 10.6 Å². The molecule has 3 heterocycles. The van der Waals surface area contributed by atoms with Gasteiger partial charge in [-0.15, -0.1) is 11.3 Å². The van der Waals surface area contributed by atoms with E-state index in [1.807, 2.05) is 23.5 Å². The average molecular weight is 376 g/mol. The lowest BCUT2D eigenvalue weighted by atomic mass is 9.97. The van der Waals surface area contributed by atoms with Crippen LogP contribution in [0.4, 0.5) is 10.5 Å². The monoisotopic (exact) mass is 375 g/mol. The minimum atomic E-state index is -0.126. The summed E-state index contributed by atoms with van der Waals surface area (Å²) in [6, 6.07) is 12.8. The molecule has 2 unspecified atom stereocenters. The summed E-state index contributed by atoms with van der Waals surface area (Å²) in [4.78, 5) is 16.3. The number of carbonyl (C=O) groups excluding carboxylic acids is 1. The van der Waals surface area contributed by atoms with Crippen molar-refractivity contribution in [3.05, 3.63) is 51.7 Å². The van der Waals surface area contributed by atoms with Crippen molar-refractivity contribution in [1.29, 1.82) is 0 Å². The number of amides is 2. The minimum Gasteiger partial charge on any atom is -0.335 e. The number of rotatable bonds is 4. The number of hydrogen-bond donors (Lipinski definition) is 2. The molecule has 2 aliphatic heterocycles. The zero-order valence-electron chi connectivity index (χ0n) is 14.0. The molecule has 2 aliphatic rings. The highest BCUT2D eigenvalue weighted by Gasteiger charge is 2.41. The highest BCUT2D eigenvalue weighted by atomic mass is 35.5. The van der Waals surface area contributed by atoms with E-state index in [1.54, 1.807) is 12.1 Å². The van der Waals surface area contributed by atoms with Crippen LogP contribution in [0.25, 0.3) is 0 Å².